The summed E-state index contributed by atoms with van der Waals surface area (Å²) in [4.78, 5) is 9.04. The Morgan fingerprint density at radius 3 is 2.82 bits per heavy atom. The third-order valence-corrected chi connectivity index (χ3v) is 4.11. The van der Waals surface area contributed by atoms with Crippen LogP contribution in [0.25, 0.3) is 0 Å². The number of guanidine groups is 1. The molecule has 1 N–H and O–H groups in total. The zero-order chi connectivity index (χ0) is 15.9. The van der Waals surface area contributed by atoms with Gasteiger partial charge >= 0.3 is 0 Å². The Labute approximate surface area is 135 Å². The van der Waals surface area contributed by atoms with Crippen molar-refractivity contribution < 1.29 is 0 Å². The van der Waals surface area contributed by atoms with E-state index < -0.39 is 0 Å². The summed E-state index contributed by atoms with van der Waals surface area (Å²) in [7, 11) is 6.08. The standard InChI is InChI=1S/C18H30N4/c1-15-7-6-10-22(13-15)18(19-2)20-12-16-8-5-9-17(11-16)14-21(3)4/h5,8-9,11,15H,6-7,10,12-14H2,1-4H3,(H,19,20). The number of piperidine rings is 1. The first kappa shape index (κ1) is 16.8. The lowest BCUT2D eigenvalue weighted by Gasteiger charge is -2.33. The van der Waals surface area contributed by atoms with E-state index in [0.717, 1.165) is 38.1 Å². The van der Waals surface area contributed by atoms with Gasteiger partial charge in [-0.15, -0.1) is 0 Å². The van der Waals surface area contributed by atoms with Crippen molar-refractivity contribution >= 4 is 5.96 Å². The van der Waals surface area contributed by atoms with Gasteiger partial charge in [0.05, 0.1) is 0 Å². The summed E-state index contributed by atoms with van der Waals surface area (Å²) in [6.45, 7) is 6.36. The van der Waals surface area contributed by atoms with E-state index in [1.54, 1.807) is 0 Å². The zero-order valence-corrected chi connectivity index (χ0v) is 14.5. The molecule has 4 heteroatoms. The van der Waals surface area contributed by atoms with Crippen molar-refractivity contribution in [3.8, 4) is 0 Å². The molecule has 0 aromatic heterocycles. The van der Waals surface area contributed by atoms with E-state index in [1.165, 1.54) is 24.0 Å². The number of hydrogen-bond donors (Lipinski definition) is 1. The molecular weight excluding hydrogens is 272 g/mol. The van der Waals surface area contributed by atoms with Crippen molar-refractivity contribution in [1.82, 2.24) is 15.1 Å². The topological polar surface area (TPSA) is 30.9 Å². The van der Waals surface area contributed by atoms with Crippen LogP contribution in [0, 0.1) is 5.92 Å². The summed E-state index contributed by atoms with van der Waals surface area (Å²) in [5.41, 5.74) is 2.66. The second kappa shape index (κ2) is 8.18. The zero-order valence-electron chi connectivity index (χ0n) is 14.5. The number of rotatable bonds is 4. The van der Waals surface area contributed by atoms with Crippen molar-refractivity contribution in [3.05, 3.63) is 35.4 Å². The van der Waals surface area contributed by atoms with Crippen LogP contribution < -0.4 is 5.32 Å². The molecule has 1 fully saturated rings. The van der Waals surface area contributed by atoms with E-state index in [1.807, 2.05) is 7.05 Å². The van der Waals surface area contributed by atoms with E-state index in [4.69, 9.17) is 0 Å². The minimum Gasteiger partial charge on any atom is -0.352 e. The molecule has 1 heterocycles. The average Bonchev–Trinajstić information content (AvgIpc) is 2.48. The maximum absolute atomic E-state index is 4.46. The lowest BCUT2D eigenvalue weighted by Crippen LogP contribution is -2.45. The van der Waals surface area contributed by atoms with Crippen molar-refractivity contribution in [2.75, 3.05) is 34.2 Å². The molecular formula is C18H30N4. The van der Waals surface area contributed by atoms with Gasteiger partial charge in [-0.2, -0.15) is 0 Å². The molecule has 122 valence electrons. The lowest BCUT2D eigenvalue weighted by atomic mass is 10.0. The summed E-state index contributed by atoms with van der Waals surface area (Å²) in [5, 5.41) is 3.52. The van der Waals surface area contributed by atoms with Gasteiger partial charge in [-0.25, -0.2) is 0 Å². The first-order chi connectivity index (χ1) is 10.6. The van der Waals surface area contributed by atoms with E-state index >= 15 is 0 Å². The molecule has 1 aliphatic heterocycles. The maximum atomic E-state index is 4.46. The highest BCUT2D eigenvalue weighted by molar-refractivity contribution is 5.80. The van der Waals surface area contributed by atoms with Crippen LogP contribution >= 0.6 is 0 Å². The maximum Gasteiger partial charge on any atom is 0.193 e. The molecule has 0 saturated carbocycles. The fraction of sp³-hybridized carbons (Fsp3) is 0.611. The van der Waals surface area contributed by atoms with Crippen LogP contribution in [0.3, 0.4) is 0 Å². The number of nitrogens with one attached hydrogen (secondary N) is 1. The summed E-state index contributed by atoms with van der Waals surface area (Å²) >= 11 is 0. The Morgan fingerprint density at radius 1 is 1.36 bits per heavy atom. The fourth-order valence-electron chi connectivity index (χ4n) is 3.10. The van der Waals surface area contributed by atoms with Crippen LogP contribution in [-0.2, 0) is 13.1 Å². The Hall–Kier alpha value is -1.55. The first-order valence-electron chi connectivity index (χ1n) is 8.26. The quantitative estimate of drug-likeness (QED) is 0.685. The highest BCUT2D eigenvalue weighted by atomic mass is 15.3. The van der Waals surface area contributed by atoms with Crippen molar-refractivity contribution in [2.24, 2.45) is 10.9 Å². The smallest absolute Gasteiger partial charge is 0.193 e. The molecule has 0 radical (unpaired) electrons. The second-order valence-corrected chi connectivity index (χ2v) is 6.65. The van der Waals surface area contributed by atoms with Crippen molar-refractivity contribution in [3.63, 3.8) is 0 Å². The number of hydrogen-bond acceptors (Lipinski definition) is 2. The summed E-state index contributed by atoms with van der Waals surface area (Å²) < 4.78 is 0. The molecule has 1 aromatic rings. The molecule has 1 aliphatic rings. The minimum atomic E-state index is 0.760. The van der Waals surface area contributed by atoms with Gasteiger partial charge in [0.2, 0.25) is 0 Å². The molecule has 1 saturated heterocycles. The average molecular weight is 302 g/mol. The predicted molar refractivity (Wildman–Crippen MR) is 94.0 cm³/mol. The third-order valence-electron chi connectivity index (χ3n) is 4.11. The first-order valence-corrected chi connectivity index (χ1v) is 8.26. The number of likely N-dealkylation sites (tertiary alicyclic amines) is 1. The summed E-state index contributed by atoms with van der Waals surface area (Å²) in [5.74, 6) is 1.79. The normalized spacial score (nSPS) is 19.6. The Morgan fingerprint density at radius 2 is 2.14 bits per heavy atom. The highest BCUT2D eigenvalue weighted by Gasteiger charge is 2.18. The van der Waals surface area contributed by atoms with Gasteiger partial charge in [0.1, 0.15) is 0 Å². The van der Waals surface area contributed by atoms with E-state index in [9.17, 15) is 0 Å². The van der Waals surface area contributed by atoms with E-state index in [2.05, 4.69) is 65.4 Å². The number of nitrogens with zero attached hydrogens (tertiary/aromatic N) is 3. The van der Waals surface area contributed by atoms with Gasteiger partial charge in [0.15, 0.2) is 5.96 Å². The Kier molecular flexibility index (Phi) is 6.25. The summed E-state index contributed by atoms with van der Waals surface area (Å²) in [6, 6.07) is 8.78. The van der Waals surface area contributed by atoms with Crippen LogP contribution in [0.5, 0.6) is 0 Å². The van der Waals surface area contributed by atoms with Crippen LogP contribution in [0.1, 0.15) is 30.9 Å². The second-order valence-electron chi connectivity index (χ2n) is 6.65. The fourth-order valence-corrected chi connectivity index (χ4v) is 3.10. The molecule has 0 spiro atoms. The van der Waals surface area contributed by atoms with Gasteiger partial charge in [-0.05, 0) is 44.0 Å². The van der Waals surface area contributed by atoms with Crippen molar-refractivity contribution in [2.45, 2.75) is 32.9 Å². The molecule has 1 unspecified atom stereocenters. The van der Waals surface area contributed by atoms with Gasteiger partial charge in [0.25, 0.3) is 0 Å². The van der Waals surface area contributed by atoms with Gasteiger partial charge in [-0.3, -0.25) is 4.99 Å². The largest absolute Gasteiger partial charge is 0.352 e. The lowest BCUT2D eigenvalue weighted by molar-refractivity contribution is 0.266. The summed E-state index contributed by atoms with van der Waals surface area (Å²) in [6.07, 6.45) is 2.60. The SMILES string of the molecule is CN=C(NCc1cccc(CN(C)C)c1)N1CCCC(C)C1. The molecule has 0 bridgehead atoms. The molecule has 1 atom stereocenters. The van der Waals surface area contributed by atoms with Gasteiger partial charge < -0.3 is 15.1 Å². The predicted octanol–water partition coefficient (Wildman–Crippen LogP) is 2.56. The van der Waals surface area contributed by atoms with Crippen molar-refractivity contribution in [1.29, 1.82) is 0 Å². The Bertz CT molecular complexity index is 496. The monoisotopic (exact) mass is 302 g/mol. The molecule has 4 nitrogen and oxygen atoms in total. The molecule has 0 amide bonds. The number of aliphatic imine (C=N–C) groups is 1. The van der Waals surface area contributed by atoms with E-state index in [0.29, 0.717) is 0 Å². The van der Waals surface area contributed by atoms with Crippen LogP contribution in [0.4, 0.5) is 0 Å². The van der Waals surface area contributed by atoms with Gasteiger partial charge in [-0.1, -0.05) is 31.2 Å². The minimum absolute atomic E-state index is 0.760. The van der Waals surface area contributed by atoms with Gasteiger partial charge in [0, 0.05) is 33.2 Å². The molecule has 2 rings (SSSR count). The van der Waals surface area contributed by atoms with Crippen LogP contribution in [0.2, 0.25) is 0 Å². The van der Waals surface area contributed by atoms with E-state index in [-0.39, 0.29) is 0 Å². The van der Waals surface area contributed by atoms with Crippen LogP contribution in [-0.4, -0.2) is 50.0 Å². The molecule has 1 aromatic carbocycles. The van der Waals surface area contributed by atoms with Crippen LogP contribution in [0.15, 0.2) is 29.3 Å². The third kappa shape index (κ3) is 5.02. The molecule has 22 heavy (non-hydrogen) atoms. The Balaban J connectivity index is 1.93. The molecule has 0 aliphatic carbocycles. The highest BCUT2D eigenvalue weighted by Crippen LogP contribution is 2.15. The number of benzene rings is 1.